The van der Waals surface area contributed by atoms with Crippen molar-refractivity contribution >= 4 is 35.0 Å². The van der Waals surface area contributed by atoms with Gasteiger partial charge in [0.2, 0.25) is 5.91 Å². The second kappa shape index (κ2) is 7.53. The molecule has 1 aliphatic rings. The van der Waals surface area contributed by atoms with Gasteiger partial charge >= 0.3 is 0 Å². The first kappa shape index (κ1) is 19.1. The van der Waals surface area contributed by atoms with Crippen LogP contribution in [0.1, 0.15) is 46.5 Å². The quantitative estimate of drug-likeness (QED) is 0.781. The third-order valence-corrected chi connectivity index (χ3v) is 5.25. The van der Waals surface area contributed by atoms with Crippen LogP contribution in [0.3, 0.4) is 0 Å². The lowest BCUT2D eigenvalue weighted by Crippen LogP contribution is -2.50. The van der Waals surface area contributed by atoms with Crippen LogP contribution in [0.5, 0.6) is 0 Å². The van der Waals surface area contributed by atoms with Crippen LogP contribution < -0.4 is 5.32 Å². The lowest BCUT2D eigenvalue weighted by molar-refractivity contribution is -0.121. The molecule has 0 radical (unpaired) electrons. The number of amides is 3. The number of nitrogens with one attached hydrogen (secondary N) is 1. The number of hydrogen-bond acceptors (Lipinski definition) is 3. The van der Waals surface area contributed by atoms with Crippen molar-refractivity contribution in [3.63, 3.8) is 0 Å². The fourth-order valence-electron chi connectivity index (χ4n) is 3.25. The number of anilines is 1. The zero-order valence-corrected chi connectivity index (χ0v) is 16.2. The van der Waals surface area contributed by atoms with Crippen LogP contribution in [0.25, 0.3) is 0 Å². The Bertz CT molecular complexity index is 890. The summed E-state index contributed by atoms with van der Waals surface area (Å²) in [5.41, 5.74) is 2.08. The van der Waals surface area contributed by atoms with Crippen molar-refractivity contribution < 1.29 is 14.4 Å². The van der Waals surface area contributed by atoms with E-state index in [0.717, 1.165) is 10.5 Å². The lowest BCUT2D eigenvalue weighted by atomic mass is 9.96. The maximum absolute atomic E-state index is 13.1. The molecule has 0 unspecified atom stereocenters. The molecule has 2 aromatic carbocycles. The monoisotopic (exact) mass is 384 g/mol. The number of hydrogen-bond donors (Lipinski definition) is 1. The van der Waals surface area contributed by atoms with E-state index in [9.17, 15) is 14.4 Å². The molecule has 2 aromatic rings. The molecule has 6 heteroatoms. The first-order valence-electron chi connectivity index (χ1n) is 8.89. The van der Waals surface area contributed by atoms with Gasteiger partial charge < -0.3 is 5.32 Å². The maximum Gasteiger partial charge on any atom is 0.262 e. The molecule has 1 heterocycles. The van der Waals surface area contributed by atoms with Gasteiger partial charge in [-0.25, -0.2) is 0 Å². The molecular weight excluding hydrogens is 364 g/mol. The van der Waals surface area contributed by atoms with E-state index in [1.54, 1.807) is 42.5 Å². The van der Waals surface area contributed by atoms with Gasteiger partial charge in [-0.15, -0.1) is 0 Å². The van der Waals surface area contributed by atoms with Crippen LogP contribution >= 0.6 is 11.6 Å². The zero-order chi connectivity index (χ0) is 19.7. The van der Waals surface area contributed by atoms with Gasteiger partial charge in [-0.05, 0) is 42.7 Å². The predicted octanol–water partition coefficient (Wildman–Crippen LogP) is 4.30. The minimum absolute atomic E-state index is 0.202. The van der Waals surface area contributed by atoms with Gasteiger partial charge in [-0.2, -0.15) is 0 Å². The molecule has 140 valence electrons. The summed E-state index contributed by atoms with van der Waals surface area (Å²) in [7, 11) is 0. The smallest absolute Gasteiger partial charge is 0.262 e. The van der Waals surface area contributed by atoms with E-state index < -0.39 is 23.8 Å². The molecule has 0 aromatic heterocycles. The predicted molar refractivity (Wildman–Crippen MR) is 105 cm³/mol. The Morgan fingerprint density at radius 1 is 1.11 bits per heavy atom. The first-order valence-corrected chi connectivity index (χ1v) is 9.26. The standard InChI is InChI=1S/C21H21ClN2O3/c1-4-12(2)18(19(25)23-17-11-14(22)10-9-13(17)3)24-20(26)15-7-5-6-8-16(15)21(24)27/h5-12,18H,4H2,1-3H3,(H,23,25)/t12-,18-/m0/s1. The van der Waals surface area contributed by atoms with Gasteiger partial charge in [0, 0.05) is 10.7 Å². The Balaban J connectivity index is 1.96. The highest BCUT2D eigenvalue weighted by Gasteiger charge is 2.44. The Morgan fingerprint density at radius 2 is 1.70 bits per heavy atom. The molecule has 0 bridgehead atoms. The van der Waals surface area contributed by atoms with Crippen molar-refractivity contribution in [1.29, 1.82) is 0 Å². The molecular formula is C21H21ClN2O3. The van der Waals surface area contributed by atoms with Crippen molar-refractivity contribution in [3.8, 4) is 0 Å². The summed E-state index contributed by atoms with van der Waals surface area (Å²) in [5.74, 6) is -1.46. The molecule has 27 heavy (non-hydrogen) atoms. The summed E-state index contributed by atoms with van der Waals surface area (Å²) in [6.45, 7) is 5.64. The lowest BCUT2D eigenvalue weighted by Gasteiger charge is -2.30. The van der Waals surface area contributed by atoms with E-state index in [1.165, 1.54) is 0 Å². The Morgan fingerprint density at radius 3 is 2.26 bits per heavy atom. The average molecular weight is 385 g/mol. The van der Waals surface area contributed by atoms with Crippen molar-refractivity contribution in [2.45, 2.75) is 33.2 Å². The van der Waals surface area contributed by atoms with Crippen LogP contribution in [0, 0.1) is 12.8 Å². The number of fused-ring (bicyclic) bond motifs is 1. The van der Waals surface area contributed by atoms with Gasteiger partial charge in [-0.3, -0.25) is 19.3 Å². The molecule has 1 aliphatic heterocycles. The number of carbonyl (C=O) groups is 3. The molecule has 0 saturated heterocycles. The number of benzene rings is 2. The van der Waals surface area contributed by atoms with E-state index in [-0.39, 0.29) is 5.92 Å². The van der Waals surface area contributed by atoms with Crippen LogP contribution in [0.2, 0.25) is 5.02 Å². The van der Waals surface area contributed by atoms with Gasteiger partial charge in [0.1, 0.15) is 6.04 Å². The normalized spacial score (nSPS) is 15.5. The Hall–Kier alpha value is -2.66. The van der Waals surface area contributed by atoms with E-state index in [4.69, 9.17) is 11.6 Å². The molecule has 3 amide bonds. The van der Waals surface area contributed by atoms with Crippen molar-refractivity contribution in [3.05, 3.63) is 64.2 Å². The van der Waals surface area contributed by atoms with Crippen molar-refractivity contribution in [2.24, 2.45) is 5.92 Å². The summed E-state index contributed by atoms with van der Waals surface area (Å²) in [6, 6.07) is 10.9. The highest BCUT2D eigenvalue weighted by Crippen LogP contribution is 2.29. The van der Waals surface area contributed by atoms with Crippen LogP contribution in [0.4, 0.5) is 5.69 Å². The Labute approximate surface area is 163 Å². The average Bonchev–Trinajstić information content (AvgIpc) is 2.90. The van der Waals surface area contributed by atoms with Gasteiger partial charge in [0.25, 0.3) is 11.8 Å². The highest BCUT2D eigenvalue weighted by molar-refractivity contribution is 6.31. The number of halogens is 1. The number of nitrogens with zero attached hydrogens (tertiary/aromatic N) is 1. The van der Waals surface area contributed by atoms with E-state index in [1.807, 2.05) is 20.8 Å². The van der Waals surface area contributed by atoms with Crippen molar-refractivity contribution in [2.75, 3.05) is 5.32 Å². The summed E-state index contributed by atoms with van der Waals surface area (Å²) in [6.07, 6.45) is 0.639. The third-order valence-electron chi connectivity index (χ3n) is 5.01. The fraction of sp³-hybridized carbons (Fsp3) is 0.286. The van der Waals surface area contributed by atoms with Gasteiger partial charge in [-0.1, -0.05) is 50.1 Å². The maximum atomic E-state index is 13.1. The first-order chi connectivity index (χ1) is 12.8. The summed E-state index contributed by atoms with van der Waals surface area (Å²) in [4.78, 5) is 39.9. The second-order valence-corrected chi connectivity index (χ2v) is 7.24. The number of imide groups is 1. The van der Waals surface area contributed by atoms with E-state index >= 15 is 0 Å². The second-order valence-electron chi connectivity index (χ2n) is 6.80. The molecule has 1 N–H and O–H groups in total. The number of rotatable bonds is 5. The summed E-state index contributed by atoms with van der Waals surface area (Å²) < 4.78 is 0. The minimum atomic E-state index is -0.902. The van der Waals surface area contributed by atoms with Gasteiger partial charge in [0.05, 0.1) is 11.1 Å². The Kier molecular flexibility index (Phi) is 5.33. The summed E-state index contributed by atoms with van der Waals surface area (Å²) in [5, 5.41) is 3.34. The number of aryl methyl sites for hydroxylation is 1. The largest absolute Gasteiger partial charge is 0.324 e. The molecule has 5 nitrogen and oxygen atoms in total. The number of carbonyl (C=O) groups excluding carboxylic acids is 3. The molecule has 3 rings (SSSR count). The highest BCUT2D eigenvalue weighted by atomic mass is 35.5. The van der Waals surface area contributed by atoms with Crippen molar-refractivity contribution in [1.82, 2.24) is 4.90 Å². The molecule has 0 aliphatic carbocycles. The molecule has 0 saturated carbocycles. The van der Waals surface area contributed by atoms with Gasteiger partial charge in [0.15, 0.2) is 0 Å². The third kappa shape index (κ3) is 3.47. The van der Waals surface area contributed by atoms with E-state index in [0.29, 0.717) is 28.3 Å². The molecule has 0 fully saturated rings. The molecule has 0 spiro atoms. The zero-order valence-electron chi connectivity index (χ0n) is 15.5. The minimum Gasteiger partial charge on any atom is -0.324 e. The fourth-order valence-corrected chi connectivity index (χ4v) is 3.42. The SMILES string of the molecule is CC[C@H](C)[C@@H](C(=O)Nc1cc(Cl)ccc1C)N1C(=O)c2ccccc2C1=O. The van der Waals surface area contributed by atoms with Crippen LogP contribution in [0.15, 0.2) is 42.5 Å². The topological polar surface area (TPSA) is 66.5 Å². The van der Waals surface area contributed by atoms with Crippen LogP contribution in [-0.2, 0) is 4.79 Å². The summed E-state index contributed by atoms with van der Waals surface area (Å²) >= 11 is 6.03. The van der Waals surface area contributed by atoms with E-state index in [2.05, 4.69) is 5.32 Å². The van der Waals surface area contributed by atoms with Crippen LogP contribution in [-0.4, -0.2) is 28.7 Å². The molecule has 2 atom stereocenters.